The molecule has 2 atom stereocenters. The first kappa shape index (κ1) is 23.4. The Labute approximate surface area is 205 Å². The molecule has 2 aromatic rings. The molecule has 0 aromatic heterocycles. The van der Waals surface area contributed by atoms with Gasteiger partial charge in [-0.1, -0.05) is 55.5 Å². The number of carboxylic acids is 1. The molecule has 2 fully saturated rings. The lowest BCUT2D eigenvalue weighted by atomic mass is 9.77. The Kier molecular flexibility index (Phi) is 6.26. The maximum Gasteiger partial charge on any atom is 0.407 e. The third kappa shape index (κ3) is 4.64. The maximum atomic E-state index is 12.7. The van der Waals surface area contributed by atoms with E-state index in [-0.39, 0.29) is 30.3 Å². The number of fused-ring (bicyclic) bond motifs is 3. The number of amides is 2. The predicted molar refractivity (Wildman–Crippen MR) is 131 cm³/mol. The molecule has 0 aliphatic heterocycles. The molecule has 0 radical (unpaired) electrons. The molecule has 3 N–H and O–H groups in total. The first-order chi connectivity index (χ1) is 16.9. The van der Waals surface area contributed by atoms with E-state index in [1.807, 2.05) is 24.3 Å². The summed E-state index contributed by atoms with van der Waals surface area (Å²) in [4.78, 5) is 37.0. The van der Waals surface area contributed by atoms with Crippen LogP contribution in [0.5, 0.6) is 0 Å². The molecular weight excluding hydrogens is 444 g/mol. The number of alkyl carbamates (subject to hydrolysis) is 1. The second-order valence-corrected chi connectivity index (χ2v) is 10.4. The Balaban J connectivity index is 1.10. The van der Waals surface area contributed by atoms with Crippen LogP contribution in [0.3, 0.4) is 0 Å². The third-order valence-electron chi connectivity index (χ3n) is 8.01. The minimum atomic E-state index is -1.16. The monoisotopic (exact) mass is 476 g/mol. The Morgan fingerprint density at radius 1 is 1.00 bits per heavy atom. The van der Waals surface area contributed by atoms with E-state index in [0.29, 0.717) is 31.7 Å². The molecule has 0 saturated heterocycles. The van der Waals surface area contributed by atoms with Crippen LogP contribution in [-0.2, 0) is 14.3 Å². The van der Waals surface area contributed by atoms with Gasteiger partial charge in [0.15, 0.2) is 0 Å². The summed E-state index contributed by atoms with van der Waals surface area (Å²) in [5.74, 6) is -0.955. The lowest BCUT2D eigenvalue weighted by Gasteiger charge is -2.36. The average Bonchev–Trinajstić information content (AvgIpc) is 3.58. The van der Waals surface area contributed by atoms with Gasteiger partial charge >= 0.3 is 12.1 Å². The Hall–Kier alpha value is -3.35. The van der Waals surface area contributed by atoms with Crippen molar-refractivity contribution in [1.29, 1.82) is 0 Å². The van der Waals surface area contributed by atoms with Gasteiger partial charge in [-0.25, -0.2) is 9.59 Å². The van der Waals surface area contributed by atoms with E-state index in [4.69, 9.17) is 4.74 Å². The normalized spacial score (nSPS) is 26.8. The smallest absolute Gasteiger partial charge is 0.407 e. The molecule has 7 nitrogen and oxygen atoms in total. The molecule has 3 aliphatic carbocycles. The zero-order valence-electron chi connectivity index (χ0n) is 20.0. The summed E-state index contributed by atoms with van der Waals surface area (Å²) in [6, 6.07) is 16.4. The molecule has 0 bridgehead atoms. The molecule has 2 unspecified atom stereocenters. The summed E-state index contributed by atoms with van der Waals surface area (Å²) in [7, 11) is 0. The lowest BCUT2D eigenvalue weighted by molar-refractivity contribution is -0.150. The summed E-state index contributed by atoms with van der Waals surface area (Å²) >= 11 is 0. The topological polar surface area (TPSA) is 105 Å². The Morgan fingerprint density at radius 3 is 2.20 bits per heavy atom. The van der Waals surface area contributed by atoms with E-state index < -0.39 is 17.6 Å². The second-order valence-electron chi connectivity index (χ2n) is 10.4. The number of ether oxygens (including phenoxy) is 1. The lowest BCUT2D eigenvalue weighted by Crippen LogP contribution is -2.56. The Bertz CT molecular complexity index is 1090. The molecule has 2 saturated carbocycles. The molecule has 35 heavy (non-hydrogen) atoms. The van der Waals surface area contributed by atoms with Crippen molar-refractivity contribution >= 4 is 18.0 Å². The highest BCUT2D eigenvalue weighted by molar-refractivity contribution is 5.89. The van der Waals surface area contributed by atoms with Crippen molar-refractivity contribution in [2.45, 2.75) is 50.5 Å². The number of carbonyl (C=O) groups excluding carboxylic acids is 2. The van der Waals surface area contributed by atoms with E-state index in [1.165, 1.54) is 11.1 Å². The summed E-state index contributed by atoms with van der Waals surface area (Å²) in [6.07, 6.45) is 2.66. The van der Waals surface area contributed by atoms with Gasteiger partial charge < -0.3 is 20.5 Å². The van der Waals surface area contributed by atoms with Gasteiger partial charge in [0.2, 0.25) is 5.91 Å². The highest BCUT2D eigenvalue weighted by atomic mass is 16.5. The van der Waals surface area contributed by atoms with Crippen molar-refractivity contribution < 1.29 is 24.2 Å². The van der Waals surface area contributed by atoms with E-state index in [9.17, 15) is 19.5 Å². The van der Waals surface area contributed by atoms with E-state index in [0.717, 1.165) is 24.0 Å². The number of carbonyl (C=O) groups is 3. The van der Waals surface area contributed by atoms with Crippen LogP contribution in [0.15, 0.2) is 48.5 Å². The van der Waals surface area contributed by atoms with E-state index in [1.54, 1.807) is 0 Å². The van der Waals surface area contributed by atoms with Gasteiger partial charge in [-0.3, -0.25) is 4.79 Å². The highest BCUT2D eigenvalue weighted by Crippen LogP contribution is 2.44. The second kappa shape index (κ2) is 9.36. The summed E-state index contributed by atoms with van der Waals surface area (Å²) in [5.41, 5.74) is 3.51. The Morgan fingerprint density at radius 2 is 1.60 bits per heavy atom. The van der Waals surface area contributed by atoms with Gasteiger partial charge in [-0.2, -0.15) is 0 Å². The van der Waals surface area contributed by atoms with Gasteiger partial charge in [0.1, 0.15) is 12.1 Å². The van der Waals surface area contributed by atoms with Gasteiger partial charge in [-0.05, 0) is 66.2 Å². The molecule has 3 aliphatic rings. The van der Waals surface area contributed by atoms with Crippen molar-refractivity contribution in [3.8, 4) is 11.1 Å². The van der Waals surface area contributed by atoms with Gasteiger partial charge in [0, 0.05) is 18.4 Å². The number of carboxylic acid groups (broad SMARTS) is 1. The van der Waals surface area contributed by atoms with Crippen molar-refractivity contribution in [3.63, 3.8) is 0 Å². The van der Waals surface area contributed by atoms with Crippen molar-refractivity contribution in [3.05, 3.63) is 59.7 Å². The van der Waals surface area contributed by atoms with Crippen LogP contribution in [0.2, 0.25) is 0 Å². The van der Waals surface area contributed by atoms with Crippen LogP contribution >= 0.6 is 0 Å². The van der Waals surface area contributed by atoms with Gasteiger partial charge in [-0.15, -0.1) is 0 Å². The highest BCUT2D eigenvalue weighted by Gasteiger charge is 2.48. The fraction of sp³-hybridized carbons (Fsp3) is 0.464. The molecular formula is C28H32N2O5. The summed E-state index contributed by atoms with van der Waals surface area (Å²) in [5, 5.41) is 15.4. The van der Waals surface area contributed by atoms with Crippen molar-refractivity contribution in [1.82, 2.24) is 10.6 Å². The van der Waals surface area contributed by atoms with Gasteiger partial charge in [0.25, 0.3) is 0 Å². The van der Waals surface area contributed by atoms with Crippen molar-refractivity contribution in [2.75, 3.05) is 13.2 Å². The number of aliphatic carboxylic acids is 1. The number of hydrogen-bond acceptors (Lipinski definition) is 4. The number of rotatable bonds is 7. The number of hydrogen-bond donors (Lipinski definition) is 3. The first-order valence-corrected chi connectivity index (χ1v) is 12.5. The molecule has 184 valence electrons. The fourth-order valence-electron chi connectivity index (χ4n) is 5.63. The van der Waals surface area contributed by atoms with Crippen LogP contribution in [0, 0.1) is 17.8 Å². The maximum absolute atomic E-state index is 12.7. The predicted octanol–water partition coefficient (Wildman–Crippen LogP) is 4.31. The summed E-state index contributed by atoms with van der Waals surface area (Å²) < 4.78 is 5.56. The zero-order valence-corrected chi connectivity index (χ0v) is 20.0. The molecule has 2 aromatic carbocycles. The van der Waals surface area contributed by atoms with Crippen molar-refractivity contribution in [2.24, 2.45) is 17.8 Å². The third-order valence-corrected chi connectivity index (χ3v) is 8.01. The van der Waals surface area contributed by atoms with Crippen LogP contribution in [0.4, 0.5) is 4.79 Å². The fourth-order valence-corrected chi connectivity index (χ4v) is 5.63. The van der Waals surface area contributed by atoms with Crippen LogP contribution in [0.25, 0.3) is 11.1 Å². The number of benzene rings is 2. The SMILES string of the molecule is CC1CCC(NC(=O)C2CC2CNC(=O)OCC2c3ccccc3-c3ccccc32)(C(=O)O)CC1. The standard InChI is InChI=1S/C28H32N2O5/c1-17-10-12-28(13-11-17,26(32)33)30-25(31)23-14-18(23)15-29-27(34)35-16-24-21-8-4-2-6-19(21)20-7-3-5-9-22(20)24/h2-9,17-18,23-24H,10-16H2,1H3,(H,29,34)(H,30,31)(H,32,33). The molecule has 7 heteroatoms. The molecule has 0 heterocycles. The van der Waals surface area contributed by atoms with Gasteiger partial charge in [0.05, 0.1) is 0 Å². The minimum Gasteiger partial charge on any atom is -0.480 e. The zero-order chi connectivity index (χ0) is 24.6. The molecule has 2 amide bonds. The minimum absolute atomic E-state index is 0.00183. The first-order valence-electron chi connectivity index (χ1n) is 12.5. The largest absolute Gasteiger partial charge is 0.480 e. The average molecular weight is 477 g/mol. The van der Waals surface area contributed by atoms with E-state index >= 15 is 0 Å². The number of nitrogens with one attached hydrogen (secondary N) is 2. The quantitative estimate of drug-likeness (QED) is 0.552. The molecule has 5 rings (SSSR count). The van der Waals surface area contributed by atoms with Crippen LogP contribution in [-0.4, -0.2) is 41.8 Å². The van der Waals surface area contributed by atoms with E-state index in [2.05, 4.69) is 41.8 Å². The van der Waals surface area contributed by atoms with Crippen LogP contribution in [0.1, 0.15) is 56.1 Å². The molecule has 0 spiro atoms. The van der Waals surface area contributed by atoms with Crippen LogP contribution < -0.4 is 10.6 Å². The summed E-state index contributed by atoms with van der Waals surface area (Å²) in [6.45, 7) is 2.69.